The maximum Gasteiger partial charge on any atom is 0.243 e. The van der Waals surface area contributed by atoms with Crippen LogP contribution >= 0.6 is 0 Å². The van der Waals surface area contributed by atoms with Crippen molar-refractivity contribution < 1.29 is 22.7 Å². The van der Waals surface area contributed by atoms with Gasteiger partial charge in [-0.05, 0) is 54.8 Å². The SMILES string of the molecule is COc1ccc(S(=O)(=O)NC(Cc2ccccc2)C(=O)Nc2ccccc2OC)cc1C. The molecule has 0 saturated carbocycles. The molecule has 0 aliphatic rings. The van der Waals surface area contributed by atoms with E-state index in [9.17, 15) is 13.2 Å². The Kier molecular flexibility index (Phi) is 7.50. The predicted octanol–water partition coefficient (Wildman–Crippen LogP) is 3.54. The summed E-state index contributed by atoms with van der Waals surface area (Å²) in [6, 6.07) is 19.7. The molecule has 0 heterocycles. The first-order chi connectivity index (χ1) is 15.3. The molecule has 7 nitrogen and oxygen atoms in total. The van der Waals surface area contributed by atoms with Crippen molar-refractivity contribution in [2.75, 3.05) is 19.5 Å². The van der Waals surface area contributed by atoms with Crippen LogP contribution in [0.5, 0.6) is 11.5 Å². The lowest BCUT2D eigenvalue weighted by Gasteiger charge is -2.20. The van der Waals surface area contributed by atoms with Crippen molar-refractivity contribution >= 4 is 21.6 Å². The second-order valence-electron chi connectivity index (χ2n) is 7.18. The molecule has 3 aromatic carbocycles. The van der Waals surface area contributed by atoms with E-state index in [0.29, 0.717) is 22.7 Å². The number of carbonyl (C=O) groups is 1. The van der Waals surface area contributed by atoms with E-state index in [0.717, 1.165) is 5.56 Å². The van der Waals surface area contributed by atoms with Crippen molar-refractivity contribution in [3.63, 3.8) is 0 Å². The first-order valence-electron chi connectivity index (χ1n) is 9.99. The average molecular weight is 455 g/mol. The van der Waals surface area contributed by atoms with Gasteiger partial charge in [-0.2, -0.15) is 4.72 Å². The monoisotopic (exact) mass is 454 g/mol. The van der Waals surface area contributed by atoms with Crippen LogP contribution < -0.4 is 19.5 Å². The molecule has 0 fully saturated rings. The molecule has 32 heavy (non-hydrogen) atoms. The van der Waals surface area contributed by atoms with Crippen LogP contribution in [-0.4, -0.2) is 34.6 Å². The number of benzene rings is 3. The van der Waals surface area contributed by atoms with Gasteiger partial charge in [0.2, 0.25) is 15.9 Å². The number of amides is 1. The fraction of sp³-hybridized carbons (Fsp3) is 0.208. The molecule has 1 unspecified atom stereocenters. The van der Waals surface area contributed by atoms with Crippen molar-refractivity contribution in [2.45, 2.75) is 24.3 Å². The van der Waals surface area contributed by atoms with Gasteiger partial charge in [0.05, 0.1) is 24.8 Å². The Hall–Kier alpha value is -3.36. The normalized spacial score (nSPS) is 12.1. The van der Waals surface area contributed by atoms with E-state index in [1.807, 2.05) is 30.3 Å². The quantitative estimate of drug-likeness (QED) is 0.516. The summed E-state index contributed by atoms with van der Waals surface area (Å²) in [5.74, 6) is 0.568. The largest absolute Gasteiger partial charge is 0.496 e. The molecule has 3 aromatic rings. The lowest BCUT2D eigenvalue weighted by atomic mass is 10.1. The second-order valence-corrected chi connectivity index (χ2v) is 8.90. The zero-order chi connectivity index (χ0) is 23.1. The zero-order valence-electron chi connectivity index (χ0n) is 18.2. The van der Waals surface area contributed by atoms with Crippen LogP contribution in [0.15, 0.2) is 77.7 Å². The first kappa shape index (κ1) is 23.3. The number of methoxy groups -OCH3 is 2. The molecule has 1 amide bonds. The van der Waals surface area contributed by atoms with Crippen LogP contribution in [0.3, 0.4) is 0 Å². The molecule has 3 rings (SSSR count). The van der Waals surface area contributed by atoms with Gasteiger partial charge in [-0.1, -0.05) is 42.5 Å². The molecule has 0 aromatic heterocycles. The lowest BCUT2D eigenvalue weighted by Crippen LogP contribution is -2.45. The molecule has 8 heteroatoms. The number of carbonyl (C=O) groups excluding carboxylic acids is 1. The Morgan fingerprint density at radius 2 is 1.56 bits per heavy atom. The minimum atomic E-state index is -3.98. The van der Waals surface area contributed by atoms with E-state index in [-0.39, 0.29) is 11.3 Å². The Bertz CT molecular complexity index is 1180. The van der Waals surface area contributed by atoms with Gasteiger partial charge >= 0.3 is 0 Å². The number of rotatable bonds is 9. The number of anilines is 1. The topological polar surface area (TPSA) is 93.7 Å². The van der Waals surface area contributed by atoms with Crippen molar-refractivity contribution in [1.29, 1.82) is 0 Å². The number of hydrogen-bond donors (Lipinski definition) is 2. The highest BCUT2D eigenvalue weighted by molar-refractivity contribution is 7.89. The second kappa shape index (κ2) is 10.3. The van der Waals surface area contributed by atoms with Gasteiger partial charge in [-0.3, -0.25) is 4.79 Å². The van der Waals surface area contributed by atoms with Crippen LogP contribution in [0.4, 0.5) is 5.69 Å². The van der Waals surface area contributed by atoms with Gasteiger partial charge in [-0.25, -0.2) is 8.42 Å². The molecule has 168 valence electrons. The Morgan fingerprint density at radius 3 is 2.22 bits per heavy atom. The molecule has 0 bridgehead atoms. The summed E-state index contributed by atoms with van der Waals surface area (Å²) in [6.45, 7) is 1.76. The standard InChI is InChI=1S/C24H26N2O5S/c1-17-15-19(13-14-22(17)30-2)32(28,29)26-21(16-18-9-5-4-6-10-18)24(27)25-20-11-7-8-12-23(20)31-3/h4-15,21,26H,16H2,1-3H3,(H,25,27). The maximum atomic E-state index is 13.1. The summed E-state index contributed by atoms with van der Waals surface area (Å²) in [5, 5.41) is 2.77. The van der Waals surface area contributed by atoms with Crippen LogP contribution in [0.1, 0.15) is 11.1 Å². The molecular weight excluding hydrogens is 428 g/mol. The van der Waals surface area contributed by atoms with E-state index in [2.05, 4.69) is 10.0 Å². The predicted molar refractivity (Wildman–Crippen MR) is 124 cm³/mol. The highest BCUT2D eigenvalue weighted by atomic mass is 32.2. The Balaban J connectivity index is 1.90. The van der Waals surface area contributed by atoms with Crippen molar-refractivity contribution in [3.8, 4) is 11.5 Å². The molecular formula is C24H26N2O5S. The molecule has 0 aliphatic heterocycles. The van der Waals surface area contributed by atoms with E-state index in [1.165, 1.54) is 26.4 Å². The smallest absolute Gasteiger partial charge is 0.243 e. The molecule has 0 radical (unpaired) electrons. The molecule has 0 saturated heterocycles. The number of hydrogen-bond acceptors (Lipinski definition) is 5. The fourth-order valence-electron chi connectivity index (χ4n) is 3.28. The van der Waals surface area contributed by atoms with E-state index in [1.54, 1.807) is 37.3 Å². The number of ether oxygens (including phenoxy) is 2. The summed E-state index contributed by atoms with van der Waals surface area (Å²) in [5.41, 5.74) is 1.95. The third-order valence-electron chi connectivity index (χ3n) is 4.94. The molecule has 1 atom stereocenters. The van der Waals surface area contributed by atoms with Gasteiger partial charge < -0.3 is 14.8 Å². The molecule has 0 aliphatic carbocycles. The summed E-state index contributed by atoms with van der Waals surface area (Å²) in [7, 11) is -0.956. The Morgan fingerprint density at radius 1 is 0.906 bits per heavy atom. The zero-order valence-corrected chi connectivity index (χ0v) is 19.0. The van der Waals surface area contributed by atoms with Gasteiger partial charge in [0, 0.05) is 0 Å². The van der Waals surface area contributed by atoms with Crippen LogP contribution in [0.25, 0.3) is 0 Å². The van der Waals surface area contributed by atoms with Crippen LogP contribution in [0, 0.1) is 6.92 Å². The third-order valence-corrected chi connectivity index (χ3v) is 6.41. The highest BCUT2D eigenvalue weighted by Gasteiger charge is 2.27. The highest BCUT2D eigenvalue weighted by Crippen LogP contribution is 2.24. The molecule has 0 spiro atoms. The summed E-state index contributed by atoms with van der Waals surface area (Å²) in [6.07, 6.45) is 0.177. The van der Waals surface area contributed by atoms with Gasteiger partial charge in [-0.15, -0.1) is 0 Å². The number of para-hydroxylation sites is 2. The summed E-state index contributed by atoms with van der Waals surface area (Å²) < 4.78 is 39.3. The number of aryl methyl sites for hydroxylation is 1. The summed E-state index contributed by atoms with van der Waals surface area (Å²) in [4.78, 5) is 13.2. The summed E-state index contributed by atoms with van der Waals surface area (Å²) >= 11 is 0. The maximum absolute atomic E-state index is 13.1. The van der Waals surface area contributed by atoms with Crippen molar-refractivity contribution in [1.82, 2.24) is 4.72 Å². The Labute approximate surface area is 188 Å². The van der Waals surface area contributed by atoms with Gasteiger partial charge in [0.1, 0.15) is 17.5 Å². The van der Waals surface area contributed by atoms with Crippen LogP contribution in [0.2, 0.25) is 0 Å². The number of nitrogens with one attached hydrogen (secondary N) is 2. The fourth-order valence-corrected chi connectivity index (χ4v) is 4.56. The van der Waals surface area contributed by atoms with Gasteiger partial charge in [0.15, 0.2) is 0 Å². The van der Waals surface area contributed by atoms with Crippen LogP contribution in [-0.2, 0) is 21.2 Å². The first-order valence-corrected chi connectivity index (χ1v) is 11.5. The third kappa shape index (κ3) is 5.66. The van der Waals surface area contributed by atoms with E-state index < -0.39 is 22.0 Å². The molecule has 2 N–H and O–H groups in total. The minimum absolute atomic E-state index is 0.0546. The average Bonchev–Trinajstić information content (AvgIpc) is 2.79. The van der Waals surface area contributed by atoms with E-state index >= 15 is 0 Å². The number of sulfonamides is 1. The van der Waals surface area contributed by atoms with Crippen molar-refractivity contribution in [2.24, 2.45) is 0 Å². The van der Waals surface area contributed by atoms with Gasteiger partial charge in [0.25, 0.3) is 0 Å². The van der Waals surface area contributed by atoms with E-state index in [4.69, 9.17) is 9.47 Å². The lowest BCUT2D eigenvalue weighted by molar-refractivity contribution is -0.117. The van der Waals surface area contributed by atoms with Crippen molar-refractivity contribution in [3.05, 3.63) is 83.9 Å². The minimum Gasteiger partial charge on any atom is -0.496 e.